The monoisotopic (exact) mass is 500 g/mol. The van der Waals surface area contributed by atoms with E-state index in [1.165, 1.54) is 10.5 Å². The molecular weight excluding hydrogens is 468 g/mol. The summed E-state index contributed by atoms with van der Waals surface area (Å²) < 4.78 is 8.67. The van der Waals surface area contributed by atoms with Gasteiger partial charge in [-0.25, -0.2) is 4.98 Å². The highest BCUT2D eigenvalue weighted by Gasteiger charge is 2.20. The minimum Gasteiger partial charge on any atom is -0.379 e. The quantitative estimate of drug-likeness (QED) is 0.380. The number of aryl methyl sites for hydroxylation is 2. The number of nitrogens with zero attached hydrogens (tertiary/aromatic N) is 4. The topological polar surface area (TPSA) is 105 Å². The Labute approximate surface area is 214 Å². The maximum atomic E-state index is 13.5. The number of ether oxygens (including phenoxy) is 1. The summed E-state index contributed by atoms with van der Waals surface area (Å²) in [5.74, 6) is -0.390. The second kappa shape index (κ2) is 10.7. The zero-order valence-corrected chi connectivity index (χ0v) is 21.2. The fourth-order valence-electron chi connectivity index (χ4n) is 4.86. The summed E-state index contributed by atoms with van der Waals surface area (Å²) in [5.41, 5.74) is 2.77. The van der Waals surface area contributed by atoms with E-state index in [-0.39, 0.29) is 28.6 Å². The SMILES string of the molecule is Cc1cccn2c(=O)c3cc(C(=O)NC(C)c4ccccc4)c(=N)n(CCCN4CCOCC4)c3nc12. The number of rotatable bonds is 7. The van der Waals surface area contributed by atoms with Gasteiger partial charge in [-0.15, -0.1) is 0 Å². The number of aromatic nitrogens is 3. The van der Waals surface area contributed by atoms with Crippen LogP contribution >= 0.6 is 0 Å². The number of benzene rings is 1. The van der Waals surface area contributed by atoms with Crippen molar-refractivity contribution in [2.75, 3.05) is 32.8 Å². The molecule has 1 amide bonds. The van der Waals surface area contributed by atoms with Crippen LogP contribution in [0.2, 0.25) is 0 Å². The van der Waals surface area contributed by atoms with E-state index in [1.54, 1.807) is 10.8 Å². The second-order valence-corrected chi connectivity index (χ2v) is 9.51. The van der Waals surface area contributed by atoms with Crippen molar-refractivity contribution in [3.8, 4) is 0 Å². The fourth-order valence-corrected chi connectivity index (χ4v) is 4.86. The normalized spacial score (nSPS) is 15.2. The van der Waals surface area contributed by atoms with Gasteiger partial charge in [0.25, 0.3) is 11.5 Å². The molecule has 1 unspecified atom stereocenters. The molecule has 1 atom stereocenters. The molecule has 37 heavy (non-hydrogen) atoms. The number of pyridine rings is 2. The minimum absolute atomic E-state index is 0.0528. The Morgan fingerprint density at radius 3 is 2.62 bits per heavy atom. The zero-order valence-electron chi connectivity index (χ0n) is 21.2. The number of hydrogen-bond donors (Lipinski definition) is 2. The number of carbonyl (C=O) groups excluding carboxylic acids is 1. The summed E-state index contributed by atoms with van der Waals surface area (Å²) in [5, 5.41) is 12.3. The van der Waals surface area contributed by atoms with Crippen LogP contribution in [0.25, 0.3) is 16.7 Å². The van der Waals surface area contributed by atoms with Gasteiger partial charge in [-0.2, -0.15) is 0 Å². The van der Waals surface area contributed by atoms with Gasteiger partial charge in [0.1, 0.15) is 16.8 Å². The third-order valence-electron chi connectivity index (χ3n) is 6.99. The van der Waals surface area contributed by atoms with Crippen molar-refractivity contribution in [1.29, 1.82) is 5.41 Å². The molecule has 0 aliphatic carbocycles. The summed E-state index contributed by atoms with van der Waals surface area (Å²) in [4.78, 5) is 34.1. The van der Waals surface area contributed by atoms with E-state index in [0.717, 1.165) is 50.4 Å². The summed E-state index contributed by atoms with van der Waals surface area (Å²) in [6.07, 6.45) is 2.44. The Balaban J connectivity index is 1.56. The highest BCUT2D eigenvalue weighted by molar-refractivity contribution is 5.97. The Bertz CT molecular complexity index is 1550. The fraction of sp³-hybridized carbons (Fsp3) is 0.357. The van der Waals surface area contributed by atoms with Crippen LogP contribution in [0.3, 0.4) is 0 Å². The van der Waals surface area contributed by atoms with Crippen LogP contribution in [0.4, 0.5) is 0 Å². The summed E-state index contributed by atoms with van der Waals surface area (Å²) in [6.45, 7) is 8.31. The first-order valence-electron chi connectivity index (χ1n) is 12.7. The highest BCUT2D eigenvalue weighted by Crippen LogP contribution is 2.15. The van der Waals surface area contributed by atoms with E-state index < -0.39 is 0 Å². The van der Waals surface area contributed by atoms with Crippen molar-refractivity contribution in [1.82, 2.24) is 24.2 Å². The average molecular weight is 501 g/mol. The molecule has 0 bridgehead atoms. The van der Waals surface area contributed by atoms with Gasteiger partial charge in [-0.3, -0.25) is 24.3 Å². The first kappa shape index (κ1) is 24.9. The van der Waals surface area contributed by atoms with Gasteiger partial charge in [0.05, 0.1) is 30.2 Å². The van der Waals surface area contributed by atoms with Crippen molar-refractivity contribution >= 4 is 22.6 Å². The van der Waals surface area contributed by atoms with E-state index in [1.807, 2.05) is 56.3 Å². The average Bonchev–Trinajstić information content (AvgIpc) is 2.91. The molecule has 1 fully saturated rings. The number of amides is 1. The van der Waals surface area contributed by atoms with Crippen molar-refractivity contribution < 1.29 is 9.53 Å². The Hall–Kier alpha value is -3.82. The molecule has 9 nitrogen and oxygen atoms in total. The summed E-state index contributed by atoms with van der Waals surface area (Å²) in [7, 11) is 0. The molecule has 9 heteroatoms. The van der Waals surface area contributed by atoms with Crippen LogP contribution in [0.1, 0.15) is 40.9 Å². The van der Waals surface area contributed by atoms with Crippen LogP contribution < -0.4 is 16.4 Å². The molecule has 0 spiro atoms. The van der Waals surface area contributed by atoms with E-state index in [2.05, 4.69) is 10.2 Å². The first-order chi connectivity index (χ1) is 17.9. The lowest BCUT2D eigenvalue weighted by Crippen LogP contribution is -2.38. The number of fused-ring (bicyclic) bond motifs is 2. The maximum Gasteiger partial charge on any atom is 0.267 e. The van der Waals surface area contributed by atoms with E-state index in [4.69, 9.17) is 15.1 Å². The number of hydrogen-bond acceptors (Lipinski definition) is 6. The molecule has 1 aromatic carbocycles. The van der Waals surface area contributed by atoms with Crippen molar-refractivity contribution in [2.24, 2.45) is 0 Å². The largest absolute Gasteiger partial charge is 0.379 e. The van der Waals surface area contributed by atoms with Crippen molar-refractivity contribution in [3.05, 3.63) is 87.3 Å². The van der Waals surface area contributed by atoms with Gasteiger partial charge in [0.15, 0.2) is 0 Å². The Morgan fingerprint density at radius 2 is 1.86 bits per heavy atom. The van der Waals surface area contributed by atoms with E-state index in [0.29, 0.717) is 23.2 Å². The van der Waals surface area contributed by atoms with Crippen LogP contribution in [0.5, 0.6) is 0 Å². The maximum absolute atomic E-state index is 13.5. The standard InChI is InChI=1S/C28H32N6O3/c1-19-8-6-12-34-25(19)31-26-23(28(34)36)18-22(27(35)30-20(2)21-9-4-3-5-10-21)24(29)33(26)13-7-11-32-14-16-37-17-15-32/h3-6,8-10,12,18,20,29H,7,11,13-17H2,1-2H3,(H,30,35). The van der Waals surface area contributed by atoms with Gasteiger partial charge in [0, 0.05) is 32.4 Å². The molecule has 1 aliphatic rings. The molecule has 1 aliphatic heterocycles. The Morgan fingerprint density at radius 1 is 1.11 bits per heavy atom. The van der Waals surface area contributed by atoms with Gasteiger partial charge in [-0.1, -0.05) is 36.4 Å². The van der Waals surface area contributed by atoms with E-state index in [9.17, 15) is 9.59 Å². The molecule has 5 rings (SSSR count). The molecule has 0 saturated carbocycles. The lowest BCUT2D eigenvalue weighted by molar-refractivity contribution is 0.0369. The first-order valence-corrected chi connectivity index (χ1v) is 12.7. The lowest BCUT2D eigenvalue weighted by Gasteiger charge is -2.26. The smallest absolute Gasteiger partial charge is 0.267 e. The van der Waals surface area contributed by atoms with Gasteiger partial charge in [0.2, 0.25) is 0 Å². The second-order valence-electron chi connectivity index (χ2n) is 9.51. The van der Waals surface area contributed by atoms with Gasteiger partial charge < -0.3 is 14.6 Å². The predicted octanol–water partition coefficient (Wildman–Crippen LogP) is 2.65. The highest BCUT2D eigenvalue weighted by atomic mass is 16.5. The molecular formula is C28H32N6O3. The van der Waals surface area contributed by atoms with Crippen molar-refractivity contribution in [2.45, 2.75) is 32.9 Å². The molecule has 0 radical (unpaired) electrons. The molecule has 2 N–H and O–H groups in total. The third-order valence-corrected chi connectivity index (χ3v) is 6.99. The molecule has 4 aromatic rings. The molecule has 1 saturated heterocycles. The third kappa shape index (κ3) is 5.05. The number of morpholine rings is 1. The molecule has 4 heterocycles. The minimum atomic E-state index is -0.390. The molecule has 192 valence electrons. The van der Waals surface area contributed by atoms with Gasteiger partial charge >= 0.3 is 0 Å². The Kier molecular flexibility index (Phi) is 7.16. The molecule has 3 aromatic heterocycles. The summed E-state index contributed by atoms with van der Waals surface area (Å²) >= 11 is 0. The number of carbonyl (C=O) groups is 1. The van der Waals surface area contributed by atoms with Crippen molar-refractivity contribution in [3.63, 3.8) is 0 Å². The van der Waals surface area contributed by atoms with Crippen LogP contribution in [0.15, 0.2) is 59.5 Å². The van der Waals surface area contributed by atoms with Crippen LogP contribution in [0, 0.1) is 12.3 Å². The van der Waals surface area contributed by atoms with Gasteiger partial charge in [-0.05, 0) is 43.5 Å². The lowest BCUT2D eigenvalue weighted by atomic mass is 10.1. The zero-order chi connectivity index (χ0) is 25.9. The van der Waals surface area contributed by atoms with Crippen LogP contribution in [-0.4, -0.2) is 57.6 Å². The predicted molar refractivity (Wildman–Crippen MR) is 142 cm³/mol. The summed E-state index contributed by atoms with van der Waals surface area (Å²) in [6, 6.07) is 14.7. The van der Waals surface area contributed by atoms with E-state index >= 15 is 0 Å². The number of nitrogens with one attached hydrogen (secondary N) is 2. The van der Waals surface area contributed by atoms with Crippen LogP contribution in [-0.2, 0) is 11.3 Å².